The van der Waals surface area contributed by atoms with Gasteiger partial charge in [-0.2, -0.15) is 0 Å². The number of nitrogens with two attached hydrogens (primary N) is 1. The third-order valence-corrected chi connectivity index (χ3v) is 7.90. The van der Waals surface area contributed by atoms with Gasteiger partial charge in [-0.3, -0.25) is 13.9 Å². The normalized spacial score (nSPS) is 18.5. The molecule has 0 bridgehead atoms. The zero-order valence-corrected chi connectivity index (χ0v) is 17.6. The summed E-state index contributed by atoms with van der Waals surface area (Å²) in [6.07, 6.45) is 5.69. The molecule has 2 aromatic rings. The summed E-state index contributed by atoms with van der Waals surface area (Å²) in [6, 6.07) is 0.0385. The first kappa shape index (κ1) is 19.8. The van der Waals surface area contributed by atoms with E-state index in [4.69, 9.17) is 10.5 Å². The predicted octanol–water partition coefficient (Wildman–Crippen LogP) is 1.73. The number of fused-ring (bicyclic) bond motifs is 1. The number of nitrogens with one attached hydrogen (secondary N) is 1. The van der Waals surface area contributed by atoms with Gasteiger partial charge in [0.2, 0.25) is 0 Å². The highest BCUT2D eigenvalue weighted by Gasteiger charge is 2.49. The Labute approximate surface area is 168 Å². The summed E-state index contributed by atoms with van der Waals surface area (Å²) in [5.74, 6) is 0. The quantitative estimate of drug-likeness (QED) is 0.652. The minimum absolute atomic E-state index is 0.0385. The van der Waals surface area contributed by atoms with Gasteiger partial charge in [0.05, 0.1) is 18.5 Å². The average Bonchev–Trinajstić information content (AvgIpc) is 2.92. The van der Waals surface area contributed by atoms with Crippen LogP contribution in [0, 0.1) is 12.3 Å². The maximum Gasteiger partial charge on any atom is 0.332 e. The third kappa shape index (κ3) is 3.16. The molecule has 2 aliphatic rings. The molecule has 0 aromatic carbocycles. The smallest absolute Gasteiger partial charge is 0.332 e. The fourth-order valence-electron chi connectivity index (χ4n) is 4.79. The van der Waals surface area contributed by atoms with Gasteiger partial charge in [0, 0.05) is 37.7 Å². The number of aromatic nitrogens is 2. The van der Waals surface area contributed by atoms with Crippen LogP contribution in [0.25, 0.3) is 10.2 Å². The van der Waals surface area contributed by atoms with Crippen molar-refractivity contribution in [1.29, 1.82) is 0 Å². The summed E-state index contributed by atoms with van der Waals surface area (Å²) in [5, 5.41) is 3.99. The zero-order chi connectivity index (χ0) is 19.9. The van der Waals surface area contributed by atoms with E-state index in [0.29, 0.717) is 37.0 Å². The molecule has 0 atom stereocenters. The average molecular weight is 407 g/mol. The van der Waals surface area contributed by atoms with Crippen LogP contribution >= 0.6 is 11.3 Å². The molecule has 2 saturated carbocycles. The van der Waals surface area contributed by atoms with Crippen molar-refractivity contribution in [2.24, 2.45) is 11.1 Å². The molecule has 154 valence electrons. The van der Waals surface area contributed by atoms with E-state index in [1.165, 1.54) is 30.6 Å². The Kier molecular flexibility index (Phi) is 5.48. The lowest BCUT2D eigenvalue weighted by Crippen LogP contribution is -2.51. The Balaban J connectivity index is 1.79. The van der Waals surface area contributed by atoms with Crippen molar-refractivity contribution in [3.05, 3.63) is 31.3 Å². The van der Waals surface area contributed by atoms with Crippen molar-refractivity contribution in [2.75, 3.05) is 26.8 Å². The monoisotopic (exact) mass is 406 g/mol. The number of hydrogen-bond acceptors (Lipinski definition) is 6. The van der Waals surface area contributed by atoms with Gasteiger partial charge in [-0.15, -0.1) is 11.3 Å². The van der Waals surface area contributed by atoms with E-state index in [9.17, 15) is 9.59 Å². The molecule has 2 aliphatic carbocycles. The molecule has 0 aliphatic heterocycles. The minimum atomic E-state index is -0.184. The van der Waals surface area contributed by atoms with Crippen molar-refractivity contribution < 1.29 is 4.74 Å². The van der Waals surface area contributed by atoms with Gasteiger partial charge in [-0.05, 0) is 43.6 Å². The highest BCUT2D eigenvalue weighted by Crippen LogP contribution is 2.59. The number of ether oxygens (including phenoxy) is 1. The van der Waals surface area contributed by atoms with Crippen LogP contribution in [0.4, 0.5) is 0 Å². The fourth-order valence-corrected chi connectivity index (χ4v) is 6.08. The van der Waals surface area contributed by atoms with Gasteiger partial charge >= 0.3 is 5.69 Å². The summed E-state index contributed by atoms with van der Waals surface area (Å²) >= 11 is 1.53. The molecule has 1 spiro atoms. The van der Waals surface area contributed by atoms with E-state index < -0.39 is 0 Å². The maximum atomic E-state index is 13.4. The standard InChI is InChI=1S/C20H30N4O3S/c1-13-15(12-22-7-6-21)28-18-16(13)17(25)24(19(26)23(18)8-9-27-2)14-10-20(11-14)4-3-5-20/h14,22H,3-12,21H2,1-2H3. The Morgan fingerprint density at radius 3 is 2.68 bits per heavy atom. The highest BCUT2D eigenvalue weighted by molar-refractivity contribution is 7.18. The second-order valence-electron chi connectivity index (χ2n) is 8.31. The second kappa shape index (κ2) is 7.74. The van der Waals surface area contributed by atoms with Gasteiger partial charge in [0.25, 0.3) is 5.56 Å². The van der Waals surface area contributed by atoms with Gasteiger partial charge in [0.15, 0.2) is 0 Å². The molecule has 28 heavy (non-hydrogen) atoms. The first-order valence-electron chi connectivity index (χ1n) is 10.2. The van der Waals surface area contributed by atoms with Gasteiger partial charge < -0.3 is 15.8 Å². The Morgan fingerprint density at radius 2 is 2.07 bits per heavy atom. The van der Waals surface area contributed by atoms with Crippen molar-refractivity contribution in [3.63, 3.8) is 0 Å². The Bertz CT molecular complexity index is 978. The molecule has 0 amide bonds. The number of rotatable bonds is 8. The Morgan fingerprint density at radius 1 is 1.32 bits per heavy atom. The van der Waals surface area contributed by atoms with Crippen molar-refractivity contribution in [1.82, 2.24) is 14.5 Å². The molecule has 0 saturated heterocycles. The van der Waals surface area contributed by atoms with E-state index >= 15 is 0 Å². The summed E-state index contributed by atoms with van der Waals surface area (Å²) in [4.78, 5) is 28.5. The molecule has 7 nitrogen and oxygen atoms in total. The molecule has 2 fully saturated rings. The second-order valence-corrected chi connectivity index (χ2v) is 9.40. The van der Waals surface area contributed by atoms with Crippen LogP contribution in [0.5, 0.6) is 0 Å². The summed E-state index contributed by atoms with van der Waals surface area (Å²) in [7, 11) is 1.63. The lowest BCUT2D eigenvalue weighted by atomic mass is 9.54. The molecule has 3 N–H and O–H groups in total. The van der Waals surface area contributed by atoms with Crippen molar-refractivity contribution >= 4 is 21.6 Å². The van der Waals surface area contributed by atoms with Gasteiger partial charge in [-0.1, -0.05) is 6.42 Å². The molecular weight excluding hydrogens is 376 g/mol. The van der Waals surface area contributed by atoms with Gasteiger partial charge in [0.1, 0.15) is 4.83 Å². The first-order valence-corrected chi connectivity index (χ1v) is 11.0. The molecule has 4 rings (SSSR count). The van der Waals surface area contributed by atoms with E-state index in [1.807, 2.05) is 6.92 Å². The highest BCUT2D eigenvalue weighted by atomic mass is 32.1. The number of methoxy groups -OCH3 is 1. The van der Waals surface area contributed by atoms with Crippen LogP contribution < -0.4 is 22.3 Å². The third-order valence-electron chi connectivity index (χ3n) is 6.58. The van der Waals surface area contributed by atoms with Crippen LogP contribution in [0.2, 0.25) is 0 Å². The van der Waals surface area contributed by atoms with E-state index in [0.717, 1.165) is 34.7 Å². The van der Waals surface area contributed by atoms with Crippen molar-refractivity contribution in [3.8, 4) is 0 Å². The van der Waals surface area contributed by atoms with Crippen molar-refractivity contribution in [2.45, 2.75) is 58.2 Å². The largest absolute Gasteiger partial charge is 0.383 e. The molecule has 0 unspecified atom stereocenters. The van der Waals surface area contributed by atoms with E-state index in [-0.39, 0.29) is 17.3 Å². The minimum Gasteiger partial charge on any atom is -0.383 e. The summed E-state index contributed by atoms with van der Waals surface area (Å²) < 4.78 is 8.51. The number of hydrogen-bond donors (Lipinski definition) is 2. The summed E-state index contributed by atoms with van der Waals surface area (Å²) in [6.45, 7) is 4.84. The number of nitrogens with zero attached hydrogens (tertiary/aromatic N) is 2. The lowest BCUT2D eigenvalue weighted by Gasteiger charge is -2.54. The Hall–Kier alpha value is -1.48. The fraction of sp³-hybridized carbons (Fsp3) is 0.700. The number of aryl methyl sites for hydroxylation is 1. The first-order chi connectivity index (χ1) is 13.5. The topological polar surface area (TPSA) is 91.3 Å². The predicted molar refractivity (Wildman–Crippen MR) is 112 cm³/mol. The van der Waals surface area contributed by atoms with E-state index in [2.05, 4.69) is 5.32 Å². The maximum absolute atomic E-state index is 13.4. The SMILES string of the molecule is COCCn1c(=O)n(C2CC3(CCC3)C2)c(=O)c2c(C)c(CNCCN)sc21. The van der Waals surface area contributed by atoms with Crippen LogP contribution in [0.1, 0.15) is 48.6 Å². The van der Waals surface area contributed by atoms with E-state index in [1.54, 1.807) is 16.2 Å². The molecule has 0 radical (unpaired) electrons. The van der Waals surface area contributed by atoms with Crippen LogP contribution in [-0.2, 0) is 17.8 Å². The lowest BCUT2D eigenvalue weighted by molar-refractivity contribution is -0.0205. The molecule has 8 heteroatoms. The zero-order valence-electron chi connectivity index (χ0n) is 16.8. The van der Waals surface area contributed by atoms with Crippen LogP contribution in [0.15, 0.2) is 9.59 Å². The van der Waals surface area contributed by atoms with Gasteiger partial charge in [-0.25, -0.2) is 4.79 Å². The molecule has 2 heterocycles. The summed E-state index contributed by atoms with van der Waals surface area (Å²) in [5.41, 5.74) is 6.65. The molecule has 2 aromatic heterocycles. The number of thiophene rings is 1. The van der Waals surface area contributed by atoms with Crippen LogP contribution in [0.3, 0.4) is 0 Å². The molecular formula is C20H30N4O3S. The van der Waals surface area contributed by atoms with Crippen LogP contribution in [-0.4, -0.2) is 35.9 Å².